The highest BCUT2D eigenvalue weighted by Crippen LogP contribution is 2.40. The van der Waals surface area contributed by atoms with Gasteiger partial charge in [-0.05, 0) is 69.0 Å². The summed E-state index contributed by atoms with van der Waals surface area (Å²) in [5.41, 5.74) is 2.19. The molecule has 3 amide bonds. The molecule has 7 heteroatoms. The Hall–Kier alpha value is -3.35. The van der Waals surface area contributed by atoms with Gasteiger partial charge in [-0.1, -0.05) is 17.7 Å². The van der Waals surface area contributed by atoms with Crippen LogP contribution >= 0.6 is 0 Å². The minimum absolute atomic E-state index is 0.00343. The summed E-state index contributed by atoms with van der Waals surface area (Å²) in [7, 11) is 1.33. The lowest BCUT2D eigenvalue weighted by Crippen LogP contribution is -2.62. The van der Waals surface area contributed by atoms with Crippen molar-refractivity contribution in [3.05, 3.63) is 59.7 Å². The van der Waals surface area contributed by atoms with Gasteiger partial charge >= 0.3 is 12.0 Å². The van der Waals surface area contributed by atoms with Crippen LogP contribution in [-0.2, 0) is 9.53 Å². The van der Waals surface area contributed by atoms with Gasteiger partial charge in [0.15, 0.2) is 0 Å². The number of amides is 3. The number of carbonyl (C=O) groups excluding carboxylic acids is 3. The average Bonchev–Trinajstić information content (AvgIpc) is 3.21. The Balaban J connectivity index is 1.53. The van der Waals surface area contributed by atoms with E-state index in [4.69, 9.17) is 4.74 Å². The molecule has 4 rings (SSSR count). The van der Waals surface area contributed by atoms with Crippen LogP contribution in [-0.4, -0.2) is 48.5 Å². The highest BCUT2D eigenvalue weighted by Gasteiger charge is 2.53. The second-order valence-electron chi connectivity index (χ2n) is 8.18. The summed E-state index contributed by atoms with van der Waals surface area (Å²) in [5.74, 6) is -0.434. The fourth-order valence-electron chi connectivity index (χ4n) is 4.62. The molecule has 2 aliphatic rings. The molecule has 2 fully saturated rings. The lowest BCUT2D eigenvalue weighted by atomic mass is 9.85. The number of piperidine rings is 1. The van der Waals surface area contributed by atoms with Gasteiger partial charge in [-0.25, -0.2) is 9.59 Å². The average molecular weight is 421 g/mol. The second-order valence-corrected chi connectivity index (χ2v) is 8.18. The Morgan fingerprint density at radius 3 is 2.26 bits per heavy atom. The molecule has 7 nitrogen and oxygen atoms in total. The van der Waals surface area contributed by atoms with Gasteiger partial charge in [-0.3, -0.25) is 4.79 Å². The molecule has 0 saturated carbocycles. The normalized spacial score (nSPS) is 20.8. The quantitative estimate of drug-likeness (QED) is 0.761. The summed E-state index contributed by atoms with van der Waals surface area (Å²) in [4.78, 5) is 41.9. The lowest BCUT2D eigenvalue weighted by Gasteiger charge is -2.44. The van der Waals surface area contributed by atoms with E-state index in [1.54, 1.807) is 29.2 Å². The number of benzene rings is 2. The maximum atomic E-state index is 13.6. The van der Waals surface area contributed by atoms with Gasteiger partial charge in [-0.2, -0.15) is 0 Å². The van der Waals surface area contributed by atoms with E-state index < -0.39 is 11.5 Å². The van der Waals surface area contributed by atoms with Crippen molar-refractivity contribution < 1.29 is 19.1 Å². The van der Waals surface area contributed by atoms with Crippen molar-refractivity contribution in [3.8, 4) is 0 Å². The number of esters is 1. The van der Waals surface area contributed by atoms with Crippen molar-refractivity contribution in [3.63, 3.8) is 0 Å². The maximum absolute atomic E-state index is 13.6. The third-order valence-electron chi connectivity index (χ3n) is 6.25. The predicted molar refractivity (Wildman–Crippen MR) is 118 cm³/mol. The zero-order valence-corrected chi connectivity index (χ0v) is 17.9. The first kappa shape index (κ1) is 20.9. The molecule has 0 bridgehead atoms. The number of methoxy groups -OCH3 is 1. The highest BCUT2D eigenvalue weighted by molar-refractivity contribution is 6.04. The van der Waals surface area contributed by atoms with Crippen LogP contribution in [0.1, 0.15) is 41.6 Å². The van der Waals surface area contributed by atoms with E-state index in [1.165, 1.54) is 7.11 Å². The standard InChI is InChI=1S/C24H27N3O4/c1-17-5-11-20(12-6-17)26-15-3-13-24(22(26)29)14-4-16-27(24)23(30)25-19-9-7-18(8-10-19)21(28)31-2/h5-12H,3-4,13-16H2,1-2H3,(H,25,30). The second kappa shape index (κ2) is 8.41. The molecule has 2 aromatic carbocycles. The van der Waals surface area contributed by atoms with Crippen LogP contribution in [0.25, 0.3) is 0 Å². The van der Waals surface area contributed by atoms with Crippen molar-refractivity contribution >= 4 is 29.3 Å². The third-order valence-corrected chi connectivity index (χ3v) is 6.25. The molecule has 0 aliphatic carbocycles. The van der Waals surface area contributed by atoms with E-state index >= 15 is 0 Å². The fraction of sp³-hybridized carbons (Fsp3) is 0.375. The number of hydrogen-bond donors (Lipinski definition) is 1. The number of ether oxygens (including phenoxy) is 1. The summed E-state index contributed by atoms with van der Waals surface area (Å²) in [6, 6.07) is 14.2. The number of urea groups is 1. The van der Waals surface area contributed by atoms with Crippen molar-refractivity contribution in [1.82, 2.24) is 4.90 Å². The summed E-state index contributed by atoms with van der Waals surface area (Å²) in [6.45, 7) is 3.22. The van der Waals surface area contributed by atoms with Crippen LogP contribution in [0, 0.1) is 6.92 Å². The molecule has 2 aromatic rings. The molecule has 2 heterocycles. The highest BCUT2D eigenvalue weighted by atomic mass is 16.5. The number of nitrogens with one attached hydrogen (secondary N) is 1. The van der Waals surface area contributed by atoms with Crippen LogP contribution in [0.15, 0.2) is 48.5 Å². The topological polar surface area (TPSA) is 79.0 Å². The first-order valence-corrected chi connectivity index (χ1v) is 10.6. The van der Waals surface area contributed by atoms with Crippen LogP contribution in [0.3, 0.4) is 0 Å². The summed E-state index contributed by atoms with van der Waals surface area (Å²) >= 11 is 0. The van der Waals surface area contributed by atoms with Crippen molar-refractivity contribution in [1.29, 1.82) is 0 Å². The zero-order chi connectivity index (χ0) is 22.0. The van der Waals surface area contributed by atoms with E-state index in [0.717, 1.165) is 24.1 Å². The predicted octanol–water partition coefficient (Wildman–Crippen LogP) is 3.98. The number of nitrogens with zero attached hydrogens (tertiary/aromatic N) is 2. The van der Waals surface area contributed by atoms with Crippen LogP contribution < -0.4 is 10.2 Å². The number of hydrogen-bond acceptors (Lipinski definition) is 4. The molecule has 1 atom stereocenters. The summed E-state index contributed by atoms with van der Waals surface area (Å²) < 4.78 is 4.70. The van der Waals surface area contributed by atoms with Crippen LogP contribution in [0.2, 0.25) is 0 Å². The molecule has 2 aliphatic heterocycles. The van der Waals surface area contributed by atoms with Gasteiger partial charge in [0.05, 0.1) is 12.7 Å². The Bertz CT molecular complexity index is 987. The van der Waals surface area contributed by atoms with E-state index in [0.29, 0.717) is 37.2 Å². The molecule has 2 saturated heterocycles. The van der Waals surface area contributed by atoms with Gasteiger partial charge in [0.25, 0.3) is 5.91 Å². The van der Waals surface area contributed by atoms with Crippen LogP contribution in [0.5, 0.6) is 0 Å². The van der Waals surface area contributed by atoms with Gasteiger partial charge in [0.2, 0.25) is 0 Å². The van der Waals surface area contributed by atoms with Crippen molar-refractivity contribution in [2.45, 2.75) is 38.1 Å². The van der Waals surface area contributed by atoms with Gasteiger partial charge in [0, 0.05) is 24.5 Å². The Morgan fingerprint density at radius 1 is 0.968 bits per heavy atom. The van der Waals surface area contributed by atoms with Gasteiger partial charge < -0.3 is 19.9 Å². The van der Waals surface area contributed by atoms with E-state index in [1.807, 2.05) is 36.1 Å². The minimum atomic E-state index is -0.806. The SMILES string of the molecule is COC(=O)c1ccc(NC(=O)N2CCCC23CCCN(c2ccc(C)cc2)C3=O)cc1. The van der Waals surface area contributed by atoms with Crippen LogP contribution in [0.4, 0.5) is 16.2 Å². The van der Waals surface area contributed by atoms with Gasteiger partial charge in [0.1, 0.15) is 5.54 Å². The molecule has 1 N–H and O–H groups in total. The molecule has 1 spiro atoms. The monoisotopic (exact) mass is 421 g/mol. The van der Waals surface area contributed by atoms with Crippen molar-refractivity contribution in [2.24, 2.45) is 0 Å². The summed E-state index contributed by atoms with van der Waals surface area (Å²) in [5, 5.41) is 2.89. The summed E-state index contributed by atoms with van der Waals surface area (Å²) in [6.07, 6.45) is 2.98. The molecular formula is C24H27N3O4. The Morgan fingerprint density at radius 2 is 1.61 bits per heavy atom. The minimum Gasteiger partial charge on any atom is -0.465 e. The third kappa shape index (κ3) is 3.87. The number of aryl methyl sites for hydroxylation is 1. The first-order chi connectivity index (χ1) is 14.9. The number of anilines is 2. The largest absolute Gasteiger partial charge is 0.465 e. The lowest BCUT2D eigenvalue weighted by molar-refractivity contribution is -0.129. The molecule has 0 radical (unpaired) electrons. The van der Waals surface area contributed by atoms with E-state index in [9.17, 15) is 14.4 Å². The molecular weight excluding hydrogens is 394 g/mol. The zero-order valence-electron chi connectivity index (χ0n) is 17.9. The first-order valence-electron chi connectivity index (χ1n) is 10.6. The van der Waals surface area contributed by atoms with Crippen molar-refractivity contribution in [2.75, 3.05) is 30.4 Å². The molecule has 31 heavy (non-hydrogen) atoms. The van der Waals surface area contributed by atoms with E-state index in [2.05, 4.69) is 5.32 Å². The smallest absolute Gasteiger partial charge is 0.337 e. The molecule has 1 unspecified atom stereocenters. The number of rotatable bonds is 3. The molecule has 162 valence electrons. The van der Waals surface area contributed by atoms with E-state index in [-0.39, 0.29) is 11.9 Å². The Labute approximate surface area is 182 Å². The fourth-order valence-corrected chi connectivity index (χ4v) is 4.62. The Kier molecular flexibility index (Phi) is 5.67. The molecule has 0 aromatic heterocycles. The number of carbonyl (C=O) groups is 3. The maximum Gasteiger partial charge on any atom is 0.337 e. The van der Waals surface area contributed by atoms with Gasteiger partial charge in [-0.15, -0.1) is 0 Å². The number of likely N-dealkylation sites (tertiary alicyclic amines) is 1.